The molecule has 0 fully saturated rings. The molecule has 0 radical (unpaired) electrons. The number of sulfonamides is 1. The molecule has 0 aliphatic heterocycles. The second-order valence-corrected chi connectivity index (χ2v) is 6.44. The molecule has 8 heteroatoms. The molecule has 21 heavy (non-hydrogen) atoms. The fourth-order valence-corrected chi connectivity index (χ4v) is 2.64. The van der Waals surface area contributed by atoms with Crippen LogP contribution in [-0.4, -0.2) is 31.2 Å². The van der Waals surface area contributed by atoms with E-state index >= 15 is 0 Å². The van der Waals surface area contributed by atoms with Crippen molar-refractivity contribution in [2.45, 2.75) is 26.3 Å². The highest BCUT2D eigenvalue weighted by Crippen LogP contribution is 2.09. The number of carbonyl (C=O) groups is 2. The standard InChI is InChI=1S/C13H18N2O5S/c1-10(16)15-12-6-4-11(5-7-12)9-14-21(19,20)8-2-3-13(17)18/h4-7,14H,2-3,8-9H2,1H3,(H,15,16)(H,17,18). The van der Waals surface area contributed by atoms with Gasteiger partial charge in [0, 0.05) is 25.6 Å². The molecule has 0 aliphatic rings. The molecule has 0 aromatic heterocycles. The first kappa shape index (κ1) is 17.1. The van der Waals surface area contributed by atoms with E-state index in [2.05, 4.69) is 10.0 Å². The summed E-state index contributed by atoms with van der Waals surface area (Å²) in [5, 5.41) is 11.1. The van der Waals surface area contributed by atoms with Crippen LogP contribution in [-0.2, 0) is 26.2 Å². The lowest BCUT2D eigenvalue weighted by Crippen LogP contribution is -2.26. The van der Waals surface area contributed by atoms with E-state index in [9.17, 15) is 18.0 Å². The lowest BCUT2D eigenvalue weighted by atomic mass is 10.2. The Kier molecular flexibility index (Phi) is 6.32. The lowest BCUT2D eigenvalue weighted by molar-refractivity contribution is -0.137. The summed E-state index contributed by atoms with van der Waals surface area (Å²) in [6, 6.07) is 6.75. The Balaban J connectivity index is 2.46. The maximum absolute atomic E-state index is 11.6. The predicted molar refractivity (Wildman–Crippen MR) is 78.2 cm³/mol. The first-order valence-corrected chi connectivity index (χ1v) is 7.99. The fourth-order valence-electron chi connectivity index (χ4n) is 1.59. The predicted octanol–water partition coefficient (Wildman–Crippen LogP) is 0.929. The second-order valence-electron chi connectivity index (χ2n) is 4.52. The van der Waals surface area contributed by atoms with Crippen LogP contribution in [0.15, 0.2) is 24.3 Å². The van der Waals surface area contributed by atoms with E-state index in [-0.39, 0.29) is 31.0 Å². The molecule has 0 unspecified atom stereocenters. The topological polar surface area (TPSA) is 113 Å². The van der Waals surface area contributed by atoms with E-state index < -0.39 is 16.0 Å². The average molecular weight is 314 g/mol. The van der Waals surface area contributed by atoms with Gasteiger partial charge in [-0.3, -0.25) is 9.59 Å². The maximum atomic E-state index is 11.6. The summed E-state index contributed by atoms with van der Waals surface area (Å²) in [6.07, 6.45) is -0.0988. The van der Waals surface area contributed by atoms with Crippen LogP contribution in [0, 0.1) is 0 Å². The van der Waals surface area contributed by atoms with Crippen molar-refractivity contribution in [1.82, 2.24) is 4.72 Å². The normalized spacial score (nSPS) is 11.1. The van der Waals surface area contributed by atoms with Crippen LogP contribution < -0.4 is 10.0 Å². The van der Waals surface area contributed by atoms with E-state index in [0.29, 0.717) is 5.69 Å². The number of carbonyl (C=O) groups excluding carboxylic acids is 1. The highest BCUT2D eigenvalue weighted by Gasteiger charge is 2.10. The number of carboxylic acid groups (broad SMARTS) is 1. The van der Waals surface area contributed by atoms with Crippen molar-refractivity contribution in [2.75, 3.05) is 11.1 Å². The van der Waals surface area contributed by atoms with E-state index in [1.165, 1.54) is 6.92 Å². The molecule has 3 N–H and O–H groups in total. The summed E-state index contributed by atoms with van der Waals surface area (Å²) in [7, 11) is -3.49. The van der Waals surface area contributed by atoms with Gasteiger partial charge in [-0.2, -0.15) is 0 Å². The summed E-state index contributed by atoms with van der Waals surface area (Å²) in [5.74, 6) is -1.41. The summed E-state index contributed by atoms with van der Waals surface area (Å²) < 4.78 is 25.7. The molecule has 0 saturated carbocycles. The molecular weight excluding hydrogens is 296 g/mol. The monoisotopic (exact) mass is 314 g/mol. The Labute approximate surface area is 123 Å². The fraction of sp³-hybridized carbons (Fsp3) is 0.385. The lowest BCUT2D eigenvalue weighted by Gasteiger charge is -2.07. The molecule has 7 nitrogen and oxygen atoms in total. The average Bonchev–Trinajstić information content (AvgIpc) is 2.36. The molecule has 0 atom stereocenters. The minimum atomic E-state index is -3.49. The summed E-state index contributed by atoms with van der Waals surface area (Å²) in [4.78, 5) is 21.2. The van der Waals surface area contributed by atoms with Crippen molar-refractivity contribution in [3.63, 3.8) is 0 Å². The largest absolute Gasteiger partial charge is 0.481 e. The van der Waals surface area contributed by atoms with Crippen LogP contribution in [0.1, 0.15) is 25.3 Å². The van der Waals surface area contributed by atoms with Gasteiger partial charge < -0.3 is 10.4 Å². The van der Waals surface area contributed by atoms with Crippen LogP contribution in [0.3, 0.4) is 0 Å². The van der Waals surface area contributed by atoms with Crippen molar-refractivity contribution >= 4 is 27.6 Å². The van der Waals surface area contributed by atoms with Gasteiger partial charge >= 0.3 is 5.97 Å². The smallest absolute Gasteiger partial charge is 0.303 e. The second kappa shape index (κ2) is 7.75. The first-order valence-electron chi connectivity index (χ1n) is 6.34. The van der Waals surface area contributed by atoms with Gasteiger partial charge in [0.2, 0.25) is 15.9 Å². The number of rotatable bonds is 8. The van der Waals surface area contributed by atoms with E-state index in [1.54, 1.807) is 24.3 Å². The van der Waals surface area contributed by atoms with Crippen LogP contribution in [0.5, 0.6) is 0 Å². The van der Waals surface area contributed by atoms with E-state index in [1.807, 2.05) is 0 Å². The van der Waals surface area contributed by atoms with Gasteiger partial charge in [-0.05, 0) is 24.1 Å². The molecule has 0 aliphatic carbocycles. The molecule has 0 heterocycles. The Bertz CT molecular complexity index is 595. The number of benzene rings is 1. The van der Waals surface area contributed by atoms with Crippen LogP contribution in [0.25, 0.3) is 0 Å². The summed E-state index contributed by atoms with van der Waals surface area (Å²) >= 11 is 0. The minimum absolute atomic E-state index is 0.0755. The molecule has 1 amide bonds. The maximum Gasteiger partial charge on any atom is 0.303 e. The van der Waals surface area contributed by atoms with Gasteiger partial charge in [0.25, 0.3) is 0 Å². The van der Waals surface area contributed by atoms with Crippen LogP contribution in [0.4, 0.5) is 5.69 Å². The SMILES string of the molecule is CC(=O)Nc1ccc(CNS(=O)(=O)CCCC(=O)O)cc1. The first-order chi connectivity index (χ1) is 9.78. The van der Waals surface area contributed by atoms with Gasteiger partial charge in [0.15, 0.2) is 0 Å². The van der Waals surface area contributed by atoms with Crippen molar-refractivity contribution < 1.29 is 23.1 Å². The van der Waals surface area contributed by atoms with E-state index in [4.69, 9.17) is 5.11 Å². The Morgan fingerprint density at radius 1 is 1.19 bits per heavy atom. The quantitative estimate of drug-likeness (QED) is 0.660. The van der Waals surface area contributed by atoms with Gasteiger partial charge in [0.1, 0.15) is 0 Å². The number of hydrogen-bond donors (Lipinski definition) is 3. The molecule has 0 bridgehead atoms. The number of anilines is 1. The highest BCUT2D eigenvalue weighted by molar-refractivity contribution is 7.89. The number of nitrogens with one attached hydrogen (secondary N) is 2. The number of carboxylic acids is 1. The van der Waals surface area contributed by atoms with Gasteiger partial charge in [0.05, 0.1) is 5.75 Å². The zero-order valence-electron chi connectivity index (χ0n) is 11.6. The molecule has 116 valence electrons. The van der Waals surface area contributed by atoms with Crippen molar-refractivity contribution in [3.8, 4) is 0 Å². The van der Waals surface area contributed by atoms with Crippen molar-refractivity contribution in [1.29, 1.82) is 0 Å². The molecule has 1 rings (SSSR count). The van der Waals surface area contributed by atoms with Crippen LogP contribution >= 0.6 is 0 Å². The summed E-state index contributed by atoms with van der Waals surface area (Å²) in [5.41, 5.74) is 1.38. The van der Waals surface area contributed by atoms with Crippen molar-refractivity contribution in [3.05, 3.63) is 29.8 Å². The Morgan fingerprint density at radius 3 is 2.33 bits per heavy atom. The Hall–Kier alpha value is -1.93. The Morgan fingerprint density at radius 2 is 1.81 bits per heavy atom. The van der Waals surface area contributed by atoms with E-state index in [0.717, 1.165) is 5.56 Å². The highest BCUT2D eigenvalue weighted by atomic mass is 32.2. The van der Waals surface area contributed by atoms with Crippen LogP contribution in [0.2, 0.25) is 0 Å². The molecular formula is C13H18N2O5S. The third-order valence-corrected chi connectivity index (χ3v) is 3.98. The number of hydrogen-bond acceptors (Lipinski definition) is 4. The summed E-state index contributed by atoms with van der Waals surface area (Å²) in [6.45, 7) is 1.52. The zero-order chi connectivity index (χ0) is 15.9. The molecule has 0 saturated heterocycles. The van der Waals surface area contributed by atoms with Gasteiger partial charge in [-0.15, -0.1) is 0 Å². The zero-order valence-corrected chi connectivity index (χ0v) is 12.4. The molecule has 1 aromatic carbocycles. The molecule has 1 aromatic rings. The third-order valence-electron chi connectivity index (χ3n) is 2.57. The van der Waals surface area contributed by atoms with Gasteiger partial charge in [-0.1, -0.05) is 12.1 Å². The minimum Gasteiger partial charge on any atom is -0.481 e. The molecule has 0 spiro atoms. The third kappa shape index (κ3) is 7.42. The number of amides is 1. The number of aliphatic carboxylic acids is 1. The van der Waals surface area contributed by atoms with Gasteiger partial charge in [-0.25, -0.2) is 13.1 Å². The van der Waals surface area contributed by atoms with Crippen molar-refractivity contribution in [2.24, 2.45) is 0 Å².